The zero-order valence-corrected chi connectivity index (χ0v) is 14.7. The van der Waals surface area contributed by atoms with Crippen molar-refractivity contribution in [3.63, 3.8) is 0 Å². The summed E-state index contributed by atoms with van der Waals surface area (Å²) >= 11 is 0. The molecule has 0 unspecified atom stereocenters. The fourth-order valence-electron chi connectivity index (χ4n) is 2.41. The lowest BCUT2D eigenvalue weighted by molar-refractivity contribution is -0.184. The summed E-state index contributed by atoms with van der Waals surface area (Å²) in [5, 5.41) is 1.04. The van der Waals surface area contributed by atoms with E-state index in [2.05, 4.69) is 0 Å². The van der Waals surface area contributed by atoms with Crippen LogP contribution >= 0.6 is 0 Å². The summed E-state index contributed by atoms with van der Waals surface area (Å²) in [7, 11) is 2.84. The molecule has 2 atom stereocenters. The van der Waals surface area contributed by atoms with Gasteiger partial charge < -0.3 is 9.47 Å². The lowest BCUT2D eigenvalue weighted by Gasteiger charge is -2.31. The molecule has 1 aromatic carbocycles. The van der Waals surface area contributed by atoms with Crippen LogP contribution in [0.4, 0.5) is 4.79 Å². The van der Waals surface area contributed by atoms with Crippen LogP contribution in [0.25, 0.3) is 0 Å². The van der Waals surface area contributed by atoms with Gasteiger partial charge in [0.1, 0.15) is 5.60 Å². The fourth-order valence-corrected chi connectivity index (χ4v) is 2.41. The number of likely N-dealkylation sites (N-methyl/N-ethyl adjacent to an activating group) is 1. The van der Waals surface area contributed by atoms with Crippen LogP contribution in [0.1, 0.15) is 32.4 Å². The third-order valence-electron chi connectivity index (χ3n) is 3.58. The summed E-state index contributed by atoms with van der Waals surface area (Å²) in [4.78, 5) is 31.4. The topological polar surface area (TPSA) is 68.3 Å². The van der Waals surface area contributed by atoms with Crippen molar-refractivity contribution in [2.45, 2.75) is 38.6 Å². The molecule has 1 fully saturated rings. The number of ether oxygens (including phenoxy) is 2. The van der Waals surface area contributed by atoms with Crippen LogP contribution in [0, 0.1) is 0 Å². The summed E-state index contributed by atoms with van der Waals surface area (Å²) in [6.45, 7) is 5.53. The molecule has 0 spiro atoms. The van der Waals surface area contributed by atoms with E-state index in [0.717, 1.165) is 10.6 Å². The maximum absolute atomic E-state index is 12.7. The number of hydrogen-bond donors (Lipinski definition) is 0. The molecule has 1 aliphatic heterocycles. The summed E-state index contributed by atoms with van der Waals surface area (Å²) in [6.07, 6.45) is -1.69. The second kappa shape index (κ2) is 7.19. The Morgan fingerprint density at radius 1 is 1.25 bits per heavy atom. The van der Waals surface area contributed by atoms with Crippen LogP contribution in [-0.2, 0) is 19.1 Å². The van der Waals surface area contributed by atoms with Gasteiger partial charge in [-0.25, -0.2) is 9.86 Å². The van der Waals surface area contributed by atoms with Gasteiger partial charge in [0.05, 0.1) is 19.8 Å². The van der Waals surface area contributed by atoms with Crippen LogP contribution in [0.5, 0.6) is 0 Å². The van der Waals surface area contributed by atoms with Gasteiger partial charge in [0, 0.05) is 7.05 Å². The van der Waals surface area contributed by atoms with E-state index in [-0.39, 0.29) is 6.61 Å². The first-order valence-corrected chi connectivity index (χ1v) is 7.74. The van der Waals surface area contributed by atoms with Crippen molar-refractivity contribution in [1.29, 1.82) is 0 Å². The number of benzene rings is 1. The molecule has 0 aliphatic carbocycles. The maximum atomic E-state index is 12.7. The average molecular weight is 336 g/mol. The van der Waals surface area contributed by atoms with Gasteiger partial charge >= 0.3 is 6.09 Å². The van der Waals surface area contributed by atoms with Crippen LogP contribution in [-0.4, -0.2) is 54.6 Å². The van der Waals surface area contributed by atoms with E-state index in [0.29, 0.717) is 0 Å². The van der Waals surface area contributed by atoms with Crippen LogP contribution < -0.4 is 0 Å². The molecule has 0 aromatic heterocycles. The first-order valence-electron chi connectivity index (χ1n) is 7.74. The average Bonchev–Trinajstić information content (AvgIpc) is 2.97. The van der Waals surface area contributed by atoms with Gasteiger partial charge in [-0.2, -0.15) is 0 Å². The number of carbonyl (C=O) groups excluding carboxylic acids is 2. The molecule has 1 saturated heterocycles. The lowest BCUT2D eigenvalue weighted by Crippen LogP contribution is -2.49. The Hall–Kier alpha value is -2.12. The van der Waals surface area contributed by atoms with Crippen molar-refractivity contribution in [2.24, 2.45) is 0 Å². The van der Waals surface area contributed by atoms with Crippen molar-refractivity contribution in [2.75, 3.05) is 20.8 Å². The molecule has 0 bridgehead atoms. The molecular weight excluding hydrogens is 312 g/mol. The molecule has 7 heteroatoms. The van der Waals surface area contributed by atoms with Gasteiger partial charge in [-0.1, -0.05) is 30.3 Å². The van der Waals surface area contributed by atoms with Crippen LogP contribution in [0.15, 0.2) is 30.3 Å². The van der Waals surface area contributed by atoms with Crippen molar-refractivity contribution < 1.29 is 23.9 Å². The van der Waals surface area contributed by atoms with E-state index in [1.165, 1.54) is 19.1 Å². The summed E-state index contributed by atoms with van der Waals surface area (Å²) in [5.74, 6) is -0.471. The van der Waals surface area contributed by atoms with Gasteiger partial charge in [0.2, 0.25) is 6.23 Å². The van der Waals surface area contributed by atoms with Gasteiger partial charge in [0.15, 0.2) is 0 Å². The minimum Gasteiger partial charge on any atom is -0.444 e. The van der Waals surface area contributed by atoms with Crippen molar-refractivity contribution in [3.05, 3.63) is 35.9 Å². The number of rotatable bonds is 3. The van der Waals surface area contributed by atoms with Crippen LogP contribution in [0.2, 0.25) is 0 Å². The Kier molecular flexibility index (Phi) is 5.46. The van der Waals surface area contributed by atoms with E-state index in [1.807, 2.05) is 30.3 Å². The lowest BCUT2D eigenvalue weighted by atomic mass is 10.1. The van der Waals surface area contributed by atoms with Crippen molar-refractivity contribution in [1.82, 2.24) is 9.96 Å². The predicted octanol–water partition coefficient (Wildman–Crippen LogP) is 2.34. The molecule has 2 amide bonds. The highest BCUT2D eigenvalue weighted by Gasteiger charge is 2.45. The smallest absolute Gasteiger partial charge is 0.413 e. The summed E-state index contributed by atoms with van der Waals surface area (Å²) in [6, 6.07) is 9.01. The first-order chi connectivity index (χ1) is 11.2. The Balaban J connectivity index is 2.32. The van der Waals surface area contributed by atoms with E-state index < -0.39 is 29.9 Å². The summed E-state index contributed by atoms with van der Waals surface area (Å²) in [5.41, 5.74) is 0.195. The quantitative estimate of drug-likeness (QED) is 0.793. The highest BCUT2D eigenvalue weighted by molar-refractivity contribution is 5.84. The second-order valence-electron chi connectivity index (χ2n) is 6.52. The molecule has 0 N–H and O–H groups in total. The van der Waals surface area contributed by atoms with Gasteiger partial charge in [0.25, 0.3) is 5.91 Å². The van der Waals surface area contributed by atoms with E-state index in [1.54, 1.807) is 20.8 Å². The largest absolute Gasteiger partial charge is 0.444 e. The monoisotopic (exact) mass is 336 g/mol. The number of carbonyl (C=O) groups is 2. The molecule has 7 nitrogen and oxygen atoms in total. The van der Waals surface area contributed by atoms with E-state index in [9.17, 15) is 9.59 Å². The Labute approximate surface area is 142 Å². The zero-order chi connectivity index (χ0) is 17.9. The Morgan fingerprint density at radius 2 is 1.88 bits per heavy atom. The SMILES string of the molecule is CON(C)C(=O)[C@@H]1OC[C@H](c2ccccc2)N1C(=O)OC(C)(C)C. The zero-order valence-electron chi connectivity index (χ0n) is 14.7. The number of hydrogen-bond acceptors (Lipinski definition) is 5. The third kappa shape index (κ3) is 4.04. The van der Waals surface area contributed by atoms with Gasteiger partial charge in [-0.05, 0) is 26.3 Å². The molecule has 0 saturated carbocycles. The van der Waals surface area contributed by atoms with E-state index >= 15 is 0 Å². The molecule has 2 rings (SSSR count). The second-order valence-corrected chi connectivity index (χ2v) is 6.52. The minimum absolute atomic E-state index is 0.206. The first kappa shape index (κ1) is 18.2. The third-order valence-corrected chi connectivity index (χ3v) is 3.58. The van der Waals surface area contributed by atoms with Crippen LogP contribution in [0.3, 0.4) is 0 Å². The molecule has 132 valence electrons. The highest BCUT2D eigenvalue weighted by atomic mass is 16.7. The maximum Gasteiger partial charge on any atom is 0.413 e. The minimum atomic E-state index is -1.09. The van der Waals surface area contributed by atoms with E-state index in [4.69, 9.17) is 14.3 Å². The molecule has 0 radical (unpaired) electrons. The molecule has 24 heavy (non-hydrogen) atoms. The normalized spacial score (nSPS) is 20.8. The standard InChI is InChI=1S/C17H24N2O5/c1-17(2,3)24-16(21)19-13(12-9-7-6-8-10-12)11-23-15(19)14(20)18(4)22-5/h6-10,13,15H,11H2,1-5H3/t13-,15+/m1/s1. The fraction of sp³-hybridized carbons (Fsp3) is 0.529. The van der Waals surface area contributed by atoms with Gasteiger partial charge in [-0.3, -0.25) is 14.5 Å². The Bertz CT molecular complexity index is 584. The molecule has 1 aliphatic rings. The molecular formula is C17H24N2O5. The highest BCUT2D eigenvalue weighted by Crippen LogP contribution is 2.32. The van der Waals surface area contributed by atoms with Crippen molar-refractivity contribution in [3.8, 4) is 0 Å². The number of nitrogens with zero attached hydrogens (tertiary/aromatic N) is 2. The number of amides is 2. The molecule has 1 heterocycles. The number of hydroxylamine groups is 2. The Morgan fingerprint density at radius 3 is 2.42 bits per heavy atom. The predicted molar refractivity (Wildman–Crippen MR) is 86.8 cm³/mol. The molecule has 1 aromatic rings. The summed E-state index contributed by atoms with van der Waals surface area (Å²) < 4.78 is 11.1. The van der Waals surface area contributed by atoms with Gasteiger partial charge in [-0.15, -0.1) is 0 Å². The van der Waals surface area contributed by atoms with Crippen molar-refractivity contribution >= 4 is 12.0 Å².